The Morgan fingerprint density at radius 1 is 1.45 bits per heavy atom. The molecule has 1 aliphatic heterocycles. The third-order valence-corrected chi connectivity index (χ3v) is 3.73. The lowest BCUT2D eigenvalue weighted by atomic mass is 10.2. The number of amides is 3. The van der Waals surface area contributed by atoms with Crippen molar-refractivity contribution in [3.8, 4) is 0 Å². The molecule has 0 aromatic heterocycles. The lowest BCUT2D eigenvalue weighted by Gasteiger charge is -2.32. The summed E-state index contributed by atoms with van der Waals surface area (Å²) in [6, 6.07) is -1.48. The maximum Gasteiger partial charge on any atom is 0.328 e. The summed E-state index contributed by atoms with van der Waals surface area (Å²) in [5.41, 5.74) is 0. The summed E-state index contributed by atoms with van der Waals surface area (Å²) in [6.45, 7) is 0.238. The van der Waals surface area contributed by atoms with Crippen molar-refractivity contribution < 1.29 is 19.5 Å². The van der Waals surface area contributed by atoms with Crippen LogP contribution in [0.4, 0.5) is 4.79 Å². The number of nitrogens with zero attached hydrogens (tertiary/aromatic N) is 1. The Kier molecular flexibility index (Phi) is 7.21. The molecule has 0 spiro atoms. The smallest absolute Gasteiger partial charge is 0.328 e. The van der Waals surface area contributed by atoms with Crippen molar-refractivity contribution in [3.05, 3.63) is 0 Å². The predicted molar refractivity (Wildman–Crippen MR) is 76.8 cm³/mol. The number of carbonyl (C=O) groups excluding carboxylic acids is 2. The molecule has 114 valence electrons. The summed E-state index contributed by atoms with van der Waals surface area (Å²) >= 11 is 1.79. The highest BCUT2D eigenvalue weighted by molar-refractivity contribution is 7.98. The fraction of sp³-hybridized carbons (Fsp3) is 0.750. The molecule has 0 saturated carbocycles. The van der Waals surface area contributed by atoms with Crippen LogP contribution < -0.4 is 10.6 Å². The molecule has 8 heteroatoms. The Bertz CT molecular complexity index is 365. The number of aliphatic carboxylic acids is 1. The van der Waals surface area contributed by atoms with Crippen LogP contribution in [0.1, 0.15) is 19.3 Å². The molecule has 20 heavy (non-hydrogen) atoms. The first-order valence-corrected chi connectivity index (χ1v) is 7.98. The van der Waals surface area contributed by atoms with E-state index in [1.807, 2.05) is 0 Å². The Balaban J connectivity index is 2.35. The van der Waals surface area contributed by atoms with Crippen LogP contribution in [-0.2, 0) is 9.59 Å². The highest BCUT2D eigenvalue weighted by Crippen LogP contribution is 2.05. The van der Waals surface area contributed by atoms with E-state index in [0.717, 1.165) is 29.9 Å². The second kappa shape index (κ2) is 8.68. The number of carboxylic acids is 1. The van der Waals surface area contributed by atoms with E-state index in [2.05, 4.69) is 16.9 Å². The molecule has 0 aliphatic carbocycles. The quantitative estimate of drug-likeness (QED) is 0.580. The van der Waals surface area contributed by atoms with Crippen LogP contribution in [0.5, 0.6) is 0 Å². The molecule has 1 aliphatic rings. The lowest BCUT2D eigenvalue weighted by Crippen LogP contribution is -2.61. The van der Waals surface area contributed by atoms with Gasteiger partial charge in [0, 0.05) is 13.1 Å². The van der Waals surface area contributed by atoms with Crippen molar-refractivity contribution in [1.29, 1.82) is 0 Å². The van der Waals surface area contributed by atoms with Gasteiger partial charge in [-0.3, -0.25) is 9.69 Å². The zero-order valence-electron chi connectivity index (χ0n) is 11.6. The van der Waals surface area contributed by atoms with Crippen molar-refractivity contribution >= 4 is 29.7 Å². The predicted octanol–water partition coefficient (Wildman–Crippen LogP) is 0.114. The largest absolute Gasteiger partial charge is 0.480 e. The molecule has 1 fully saturated rings. The van der Waals surface area contributed by atoms with E-state index in [1.54, 1.807) is 11.8 Å². The van der Waals surface area contributed by atoms with Gasteiger partial charge in [-0.2, -0.15) is 11.8 Å². The minimum atomic E-state index is -1.11. The summed E-state index contributed by atoms with van der Waals surface area (Å²) in [7, 11) is 0. The molecular formula is C12H21N3O4S. The number of urea groups is 1. The van der Waals surface area contributed by atoms with Gasteiger partial charge in [0.2, 0.25) is 5.91 Å². The zero-order valence-corrected chi connectivity index (χ0v) is 12.4. The lowest BCUT2D eigenvalue weighted by molar-refractivity contribution is -0.144. The number of unbranched alkanes of at least 4 members (excludes halogenated alkanes) is 2. The van der Waals surface area contributed by atoms with E-state index in [-0.39, 0.29) is 19.0 Å². The van der Waals surface area contributed by atoms with Crippen molar-refractivity contribution in [3.63, 3.8) is 0 Å². The first-order chi connectivity index (χ1) is 9.56. The van der Waals surface area contributed by atoms with E-state index >= 15 is 0 Å². The fourth-order valence-corrected chi connectivity index (χ4v) is 2.41. The van der Waals surface area contributed by atoms with E-state index in [1.165, 1.54) is 0 Å². The van der Waals surface area contributed by atoms with Gasteiger partial charge in [-0.1, -0.05) is 6.42 Å². The van der Waals surface area contributed by atoms with Crippen LogP contribution in [0.2, 0.25) is 0 Å². The number of rotatable bonds is 7. The van der Waals surface area contributed by atoms with Gasteiger partial charge >= 0.3 is 12.0 Å². The molecule has 1 rings (SSSR count). The van der Waals surface area contributed by atoms with E-state index in [0.29, 0.717) is 6.54 Å². The maximum atomic E-state index is 11.9. The molecule has 0 radical (unpaired) electrons. The summed E-state index contributed by atoms with van der Waals surface area (Å²) < 4.78 is 0. The molecule has 0 bridgehead atoms. The van der Waals surface area contributed by atoms with Crippen molar-refractivity contribution in [2.45, 2.75) is 25.3 Å². The van der Waals surface area contributed by atoms with Crippen LogP contribution in [-0.4, -0.2) is 65.6 Å². The first kappa shape index (κ1) is 16.6. The summed E-state index contributed by atoms with van der Waals surface area (Å²) in [5.74, 6) is -0.348. The van der Waals surface area contributed by atoms with Crippen LogP contribution in [0.25, 0.3) is 0 Å². The Hall–Kier alpha value is -1.44. The van der Waals surface area contributed by atoms with Gasteiger partial charge in [0.25, 0.3) is 0 Å². The standard InChI is InChI=1S/C12H21N3O4S/c1-20-6-4-2-3-5-13-12(19)15-8-10(16)14-7-9(15)11(17)18/h9H,2-8H2,1H3,(H,13,19)(H,14,16)(H,17,18). The molecule has 1 saturated heterocycles. The number of hydrogen-bond acceptors (Lipinski definition) is 4. The van der Waals surface area contributed by atoms with E-state index in [9.17, 15) is 14.4 Å². The van der Waals surface area contributed by atoms with Crippen molar-refractivity contribution in [1.82, 2.24) is 15.5 Å². The summed E-state index contributed by atoms with van der Waals surface area (Å²) in [5, 5.41) is 14.2. The second-order valence-corrected chi connectivity index (χ2v) is 5.56. The molecule has 0 aromatic rings. The topological polar surface area (TPSA) is 98.7 Å². The van der Waals surface area contributed by atoms with Crippen LogP contribution in [0, 0.1) is 0 Å². The number of nitrogens with one attached hydrogen (secondary N) is 2. The third kappa shape index (κ3) is 5.28. The normalized spacial score (nSPS) is 18.6. The number of carbonyl (C=O) groups is 3. The molecular weight excluding hydrogens is 282 g/mol. The Labute approximate surface area is 122 Å². The monoisotopic (exact) mass is 303 g/mol. The second-order valence-electron chi connectivity index (χ2n) is 4.57. The van der Waals surface area contributed by atoms with E-state index < -0.39 is 18.0 Å². The van der Waals surface area contributed by atoms with Crippen LogP contribution >= 0.6 is 11.8 Å². The molecule has 0 aromatic carbocycles. The SMILES string of the molecule is CSCCCCCNC(=O)N1CC(=O)NCC1C(=O)O. The maximum absolute atomic E-state index is 11.9. The molecule has 1 heterocycles. The Morgan fingerprint density at radius 2 is 2.20 bits per heavy atom. The molecule has 3 N–H and O–H groups in total. The van der Waals surface area contributed by atoms with Crippen molar-refractivity contribution in [2.24, 2.45) is 0 Å². The van der Waals surface area contributed by atoms with Gasteiger partial charge in [-0.15, -0.1) is 0 Å². The average molecular weight is 303 g/mol. The molecule has 1 unspecified atom stereocenters. The number of thioether (sulfide) groups is 1. The van der Waals surface area contributed by atoms with Crippen LogP contribution in [0.15, 0.2) is 0 Å². The highest BCUT2D eigenvalue weighted by Gasteiger charge is 2.34. The zero-order chi connectivity index (χ0) is 15.0. The van der Waals surface area contributed by atoms with Gasteiger partial charge in [0.1, 0.15) is 12.6 Å². The van der Waals surface area contributed by atoms with Gasteiger partial charge in [-0.25, -0.2) is 9.59 Å². The number of hydrogen-bond donors (Lipinski definition) is 3. The number of carboxylic acid groups (broad SMARTS) is 1. The third-order valence-electron chi connectivity index (χ3n) is 3.03. The van der Waals surface area contributed by atoms with Gasteiger partial charge < -0.3 is 15.7 Å². The van der Waals surface area contributed by atoms with Crippen LogP contribution in [0.3, 0.4) is 0 Å². The van der Waals surface area contributed by atoms with Gasteiger partial charge in [-0.05, 0) is 24.9 Å². The van der Waals surface area contributed by atoms with Gasteiger partial charge in [0.05, 0.1) is 0 Å². The van der Waals surface area contributed by atoms with E-state index in [4.69, 9.17) is 5.11 Å². The fourth-order valence-electron chi connectivity index (χ4n) is 1.92. The Morgan fingerprint density at radius 3 is 2.85 bits per heavy atom. The molecule has 7 nitrogen and oxygen atoms in total. The molecule has 1 atom stereocenters. The minimum absolute atomic E-state index is 0.0463. The first-order valence-electron chi connectivity index (χ1n) is 6.59. The van der Waals surface area contributed by atoms with Crippen molar-refractivity contribution in [2.75, 3.05) is 31.6 Å². The highest BCUT2D eigenvalue weighted by atomic mass is 32.2. The minimum Gasteiger partial charge on any atom is -0.480 e. The number of piperazine rings is 1. The average Bonchev–Trinajstić information content (AvgIpc) is 2.42. The summed E-state index contributed by atoms with van der Waals surface area (Å²) in [6.07, 6.45) is 5.02. The molecule has 3 amide bonds. The van der Waals surface area contributed by atoms with Gasteiger partial charge in [0.15, 0.2) is 0 Å². The summed E-state index contributed by atoms with van der Waals surface area (Å²) in [4.78, 5) is 35.3.